The Morgan fingerprint density at radius 3 is 1.14 bits per heavy atom. The summed E-state index contributed by atoms with van der Waals surface area (Å²) in [5.74, 6) is -1.37. The number of likely N-dealkylation sites (tertiary alicyclic amines) is 2. The number of carbonyl (C=O) groups excluding carboxylic acids is 9. The number of aliphatic hydroxyl groups excluding tert-OH is 2. The highest BCUT2D eigenvalue weighted by molar-refractivity contribution is 5.89. The summed E-state index contributed by atoms with van der Waals surface area (Å²) >= 11 is 0. The van der Waals surface area contributed by atoms with E-state index in [1.165, 1.54) is 30.6 Å². The first-order chi connectivity index (χ1) is 58.5. The topological polar surface area (TPSA) is 512 Å². The smallest absolute Gasteiger partial charge is 0.410 e. The van der Waals surface area contributed by atoms with Crippen LogP contribution in [0.3, 0.4) is 0 Å². The van der Waals surface area contributed by atoms with E-state index in [9.17, 15) is 68.1 Å². The second kappa shape index (κ2) is 50.9. The number of urea groups is 3. The third-order valence-corrected chi connectivity index (χ3v) is 22.7. The lowest BCUT2D eigenvalue weighted by molar-refractivity contribution is -0.143. The highest BCUT2D eigenvalue weighted by atomic mass is 16.6. The summed E-state index contributed by atoms with van der Waals surface area (Å²) in [6.07, 6.45) is 12.7. The van der Waals surface area contributed by atoms with Crippen molar-refractivity contribution in [1.29, 1.82) is 0 Å². The molecule has 0 spiro atoms. The van der Waals surface area contributed by atoms with Gasteiger partial charge in [-0.1, -0.05) is 125 Å². The van der Waals surface area contributed by atoms with Crippen LogP contribution in [0.2, 0.25) is 0 Å². The molecule has 2 aliphatic heterocycles. The number of hydrogen-bond donors (Lipinski definition) is 16. The lowest BCUT2D eigenvalue weighted by Gasteiger charge is -2.27. The van der Waals surface area contributed by atoms with Crippen LogP contribution in [0.5, 0.6) is 0 Å². The van der Waals surface area contributed by atoms with Gasteiger partial charge in [0.25, 0.3) is 0 Å². The van der Waals surface area contributed by atoms with E-state index < -0.39 is 84.1 Å². The predicted molar refractivity (Wildman–Crippen MR) is 468 cm³/mol. The highest BCUT2D eigenvalue weighted by Gasteiger charge is 2.43. The molecule has 7 aliphatic rings. The molecule has 35 nitrogen and oxygen atoms in total. The van der Waals surface area contributed by atoms with Crippen molar-refractivity contribution in [2.75, 3.05) is 67.1 Å². The molecule has 676 valence electrons. The summed E-state index contributed by atoms with van der Waals surface area (Å²) in [6.45, 7) is 12.8. The third-order valence-electron chi connectivity index (χ3n) is 22.7. The van der Waals surface area contributed by atoms with Gasteiger partial charge in [-0.3, -0.25) is 29.0 Å². The van der Waals surface area contributed by atoms with Crippen LogP contribution in [0.15, 0.2) is 112 Å². The number of aliphatic carboxylic acids is 2. The molecule has 5 aliphatic carbocycles. The average Bonchev–Trinajstić information content (AvgIpc) is 1.62. The number of aliphatic hydroxyl groups is 2. The van der Waals surface area contributed by atoms with Crippen LogP contribution in [0.4, 0.5) is 28.8 Å². The van der Waals surface area contributed by atoms with E-state index >= 15 is 0 Å². The molecule has 2 unspecified atom stereocenters. The van der Waals surface area contributed by atoms with Gasteiger partial charge in [0.2, 0.25) is 17.7 Å². The second-order valence-electron chi connectivity index (χ2n) is 32.3. The number of fused-ring (bicyclic) bond motifs is 6. The van der Waals surface area contributed by atoms with Crippen LogP contribution in [0.1, 0.15) is 192 Å². The first-order valence-corrected chi connectivity index (χ1v) is 42.3. The Bertz CT molecular complexity index is 4110. The van der Waals surface area contributed by atoms with E-state index in [0.717, 1.165) is 120 Å². The van der Waals surface area contributed by atoms with Gasteiger partial charge in [-0.2, -0.15) is 15.3 Å². The number of nitrogens with two attached hydrogens (primary N) is 2. The number of ether oxygens (including phenoxy) is 3. The minimum Gasteiger partial charge on any atom is -0.481 e. The molecule has 2 saturated heterocycles. The molecule has 7 atom stereocenters. The van der Waals surface area contributed by atoms with Crippen molar-refractivity contribution in [3.8, 4) is 22.3 Å². The maximum absolute atomic E-state index is 13.3. The van der Waals surface area contributed by atoms with Gasteiger partial charge in [0.1, 0.15) is 30.9 Å². The van der Waals surface area contributed by atoms with E-state index in [2.05, 4.69) is 86.7 Å². The van der Waals surface area contributed by atoms with Crippen molar-refractivity contribution in [3.05, 3.63) is 119 Å². The molecular formula is C88H131N17O18. The number of nitrogens with zero attached hydrogens (tertiary/aromatic N) is 5. The fourth-order valence-electron chi connectivity index (χ4n) is 15.9. The first-order valence-electron chi connectivity index (χ1n) is 42.3. The SMILES string of the molecule is C.CC[C@@H](/C=N/NC(=O)NCC1CCC(C(=O)NC)CC1)NC(=O)[C@@H]1C[C@@H](O)CN1C(=O)OCC1c2ccccc2-c2ccccc21.CC[C@@H](/C=N/NC(=O)NCC1CCC(C(=O)O)CC1)NC(=O)OC(C)(C)C.CC[C@H](N)/C=N/NC(=O)NCC1CCC(C(=O)NC)CC1.CN.O=C(O)C1CC(O)CN1C(=O)OCC1c2ccccc2-c2ccccc21. The summed E-state index contributed by atoms with van der Waals surface area (Å²) in [5, 5.41) is 69.2. The van der Waals surface area contributed by atoms with Crippen molar-refractivity contribution in [3.63, 3.8) is 0 Å². The quantitative estimate of drug-likeness (QED) is 0.0158. The molecular weight excluding hydrogens is 1580 g/mol. The summed E-state index contributed by atoms with van der Waals surface area (Å²) < 4.78 is 16.4. The monoisotopic (exact) mass is 1710 g/mol. The van der Waals surface area contributed by atoms with Gasteiger partial charge in [0.15, 0.2) is 0 Å². The number of carboxylic acids is 2. The number of nitrogens with one attached hydrogen (secondary N) is 10. The molecule has 2 heterocycles. The van der Waals surface area contributed by atoms with E-state index in [4.69, 9.17) is 25.1 Å². The van der Waals surface area contributed by atoms with Crippen molar-refractivity contribution >= 4 is 84.7 Å². The standard InChI is InChI=1S/C34H44N6O6.C20H19NO5.C18H32N4O5.C14H27N5O2.CH5N.CH4/c1-3-23(18-37-39-33(44)36-17-21-12-14-22(15-13-21)31(42)35-2)38-32(43)30-16-24(41)19-40(30)34(45)46-20-29-27-10-6-4-8-25(27)26-9-5-7-11-28(26)29;22-12-9-18(19(23)24)21(10-12)20(25)26-11-17-15-7-3-1-5-13(15)14-6-2-4-8-16(14)17;1-5-14(21-17(26)27-18(2,3)4)11-20-22-16(25)19-10-12-6-8-13(9-7-12)15(23)24;1-3-12(15)9-18-19-14(21)17-8-10-4-6-11(7-5-10)13(20)16-2;1-2;/h4-11,18,21-24,29-30,41H,3,12-17,19-20H2,1-2H3,(H,35,42)(H,38,43)(H2,36,39,44);1-8,12,17-18,22H,9-11H2,(H,23,24);11-14H,5-10H2,1-4H3,(H,21,26)(H,23,24)(H2,19,22,25);9-12H,3-8,15H2,1-2H3,(H,16,20)(H2,17,19,21);2H2,1H3;1H4/b37-18+;;20-11+;18-9+;;/t21?,22?,23-,24+,30-;;12?,13?,14-;10?,11?,12-;;/m0.00../s1. The van der Waals surface area contributed by atoms with Gasteiger partial charge in [-0.25, -0.2) is 49.8 Å². The van der Waals surface area contributed by atoms with Crippen LogP contribution in [0.25, 0.3) is 22.3 Å². The molecule has 12 amide bonds. The molecule has 35 heteroatoms. The number of amides is 12. The molecule has 0 bridgehead atoms. The number of β-amino-alcohol motifs (C(OH)–C–C–N with tert-alkyl or cyclic N) is 2. The lowest BCUT2D eigenvalue weighted by Crippen LogP contribution is -2.49. The number of benzene rings is 4. The second-order valence-corrected chi connectivity index (χ2v) is 32.3. The van der Waals surface area contributed by atoms with Crippen LogP contribution >= 0.6 is 0 Å². The van der Waals surface area contributed by atoms with E-state index in [1.807, 2.05) is 106 Å². The molecule has 18 N–H and O–H groups in total. The largest absolute Gasteiger partial charge is 0.481 e. The number of carbonyl (C=O) groups is 11. The normalized spacial score (nSPS) is 21.8. The summed E-state index contributed by atoms with van der Waals surface area (Å²) in [7, 11) is 4.82. The van der Waals surface area contributed by atoms with E-state index in [-0.39, 0.29) is 112 Å². The lowest BCUT2D eigenvalue weighted by atomic mass is 9.81. The van der Waals surface area contributed by atoms with Crippen molar-refractivity contribution in [1.82, 2.24) is 63.3 Å². The Morgan fingerprint density at radius 2 is 0.805 bits per heavy atom. The maximum atomic E-state index is 13.3. The van der Waals surface area contributed by atoms with Crippen LogP contribution in [0, 0.1) is 35.5 Å². The molecule has 4 aromatic carbocycles. The zero-order valence-electron chi connectivity index (χ0n) is 71.5. The molecule has 11 rings (SSSR count). The number of hydrazone groups is 3. The van der Waals surface area contributed by atoms with E-state index in [0.29, 0.717) is 57.2 Å². The van der Waals surface area contributed by atoms with Crippen LogP contribution < -0.4 is 65.0 Å². The maximum Gasteiger partial charge on any atom is 0.410 e. The predicted octanol–water partition coefficient (Wildman–Crippen LogP) is 8.80. The van der Waals surface area contributed by atoms with Crippen LogP contribution in [-0.4, -0.2) is 230 Å². The fraction of sp³-hybridized carbons (Fsp3) is 0.568. The number of hydrogen-bond acceptors (Lipinski definition) is 21. The van der Waals surface area contributed by atoms with Gasteiger partial charge >= 0.3 is 48.3 Å². The fourth-order valence-corrected chi connectivity index (χ4v) is 15.9. The Labute approximate surface area is 721 Å². The Kier molecular flexibility index (Phi) is 41.6. The zero-order chi connectivity index (χ0) is 89.0. The number of carboxylic acid groups (broad SMARTS) is 2. The van der Waals surface area contributed by atoms with Gasteiger partial charge in [0, 0.05) is 94.9 Å². The number of alkyl carbamates (subject to hydrolysis) is 1. The third kappa shape index (κ3) is 31.2. The average molecular weight is 1720 g/mol. The minimum atomic E-state index is -1.13. The molecule has 3 saturated carbocycles. The summed E-state index contributed by atoms with van der Waals surface area (Å²) in [6, 6.07) is 28.0. The first kappa shape index (κ1) is 101. The van der Waals surface area contributed by atoms with E-state index in [1.54, 1.807) is 34.9 Å². The molecule has 0 radical (unpaired) electrons. The van der Waals surface area contributed by atoms with Gasteiger partial charge in [-0.05, 0) is 186 Å². The minimum absolute atomic E-state index is 0. The summed E-state index contributed by atoms with van der Waals surface area (Å²) in [4.78, 5) is 134. The number of rotatable bonds is 26. The highest BCUT2D eigenvalue weighted by Crippen LogP contribution is 2.46. The van der Waals surface area contributed by atoms with Gasteiger partial charge in [0.05, 0.1) is 43.3 Å². The molecule has 0 aromatic heterocycles. The van der Waals surface area contributed by atoms with Gasteiger partial charge < -0.3 is 83.3 Å². The molecule has 4 aromatic rings. The zero-order valence-corrected chi connectivity index (χ0v) is 71.5. The van der Waals surface area contributed by atoms with Crippen LogP contribution in [-0.2, 0) is 38.2 Å². The molecule has 123 heavy (non-hydrogen) atoms. The van der Waals surface area contributed by atoms with Gasteiger partial charge in [-0.15, -0.1) is 0 Å². The Hall–Kier alpha value is -11.3. The van der Waals surface area contributed by atoms with Crippen molar-refractivity contribution in [2.45, 2.75) is 218 Å². The summed E-state index contributed by atoms with van der Waals surface area (Å²) in [5.41, 5.74) is 25.6. The van der Waals surface area contributed by atoms with Crippen molar-refractivity contribution in [2.24, 2.45) is 62.3 Å². The Morgan fingerprint density at radius 1 is 0.472 bits per heavy atom. The Balaban J connectivity index is 0.000000264. The molecule has 5 fully saturated rings. The van der Waals surface area contributed by atoms with Crippen molar-refractivity contribution < 1.29 is 87.4 Å².